The Kier molecular flexibility index (Phi) is 3.02. The minimum absolute atomic E-state index is 0.816. The Balaban J connectivity index is 4.85. The number of hydrogen-bond donors (Lipinski definition) is 1. The van der Waals surface area contributed by atoms with Crippen molar-refractivity contribution < 1.29 is 18.0 Å². The van der Waals surface area contributed by atoms with Crippen LogP contribution in [0.25, 0.3) is 0 Å². The highest BCUT2D eigenvalue weighted by Crippen LogP contribution is 2.44. The smallest absolute Gasteiger partial charge is 0.320 e. The van der Waals surface area contributed by atoms with Crippen molar-refractivity contribution in [1.29, 1.82) is 0 Å². The zero-order chi connectivity index (χ0) is 10.2. The molecule has 0 heterocycles. The lowest BCUT2D eigenvalue weighted by Gasteiger charge is -2.39. The molecule has 0 rings (SSSR count). The summed E-state index contributed by atoms with van der Waals surface area (Å²) in [5.74, 6) is 0. The van der Waals surface area contributed by atoms with Gasteiger partial charge in [-0.15, -0.1) is 0 Å². The predicted molar refractivity (Wildman–Crippen MR) is 41.9 cm³/mol. The lowest BCUT2D eigenvalue weighted by molar-refractivity contribution is -0.127. The second kappa shape index (κ2) is 3.03. The maximum Gasteiger partial charge on any atom is 0.320 e. The van der Waals surface area contributed by atoms with Gasteiger partial charge in [0, 0.05) is 5.41 Å². The summed E-state index contributed by atoms with van der Waals surface area (Å²) >= 11 is 0. The summed E-state index contributed by atoms with van der Waals surface area (Å²) in [6.45, 7) is 4.94. The third kappa shape index (κ3) is 1.82. The van der Waals surface area contributed by atoms with E-state index in [1.54, 1.807) is 0 Å². The third-order valence-corrected chi connectivity index (χ3v) is 2.89. The minimum atomic E-state index is -3.66. The lowest BCUT2D eigenvalue weighted by Crippen LogP contribution is -2.54. The molecule has 1 N–H and O–H groups in total. The molecule has 1 unspecified atom stereocenters. The largest absolute Gasteiger partial charge is 0.427 e. The molecule has 0 aliphatic rings. The van der Waals surface area contributed by atoms with Crippen LogP contribution in [0, 0.1) is 5.41 Å². The van der Waals surface area contributed by atoms with Crippen molar-refractivity contribution in [3.05, 3.63) is 0 Å². The quantitative estimate of drug-likeness (QED) is 0.672. The Morgan fingerprint density at radius 3 is 1.42 bits per heavy atom. The van der Waals surface area contributed by atoms with Crippen molar-refractivity contribution in [2.24, 2.45) is 5.41 Å². The molecule has 72 valence electrons. The first kappa shape index (κ1) is 12.0. The summed E-state index contributed by atoms with van der Waals surface area (Å²) in [5, 5.41) is 0. The molecule has 0 aromatic carbocycles. The van der Waals surface area contributed by atoms with Crippen molar-refractivity contribution in [2.75, 3.05) is 0 Å². The normalized spacial score (nSPS) is 19.0. The summed E-state index contributed by atoms with van der Waals surface area (Å²) < 4.78 is 39.1. The Labute approximate surface area is 72.9 Å². The molecule has 0 aliphatic heterocycles. The topological polar surface area (TPSA) is 20.2 Å². The molecule has 0 aliphatic carbocycles. The number of halogens is 3. The fourth-order valence-corrected chi connectivity index (χ4v) is 1.16. The third-order valence-electron chi connectivity index (χ3n) is 2.14. The maximum absolute atomic E-state index is 13.5. The van der Waals surface area contributed by atoms with Gasteiger partial charge in [-0.3, -0.25) is 0 Å². The number of hydrogen-bond acceptors (Lipinski definition) is 1. The van der Waals surface area contributed by atoms with E-state index in [0.29, 0.717) is 0 Å². The van der Waals surface area contributed by atoms with Gasteiger partial charge < -0.3 is 4.80 Å². The summed E-state index contributed by atoms with van der Waals surface area (Å²) in [6.07, 6.45) is 0. The molecule has 5 heteroatoms. The standard InChI is InChI=1S/C7H13F3OSi/c1-5(2,3)6(4,8)7(9,10)12-11/h11H,1-4H3. The van der Waals surface area contributed by atoms with Crippen molar-refractivity contribution in [3.8, 4) is 0 Å². The molecule has 0 amide bonds. The molecule has 0 aromatic rings. The van der Waals surface area contributed by atoms with Gasteiger partial charge in [0.2, 0.25) is 0 Å². The van der Waals surface area contributed by atoms with Gasteiger partial charge >= 0.3 is 9.76 Å². The number of rotatable bonds is 2. The highest BCUT2D eigenvalue weighted by atomic mass is 28.2. The Morgan fingerprint density at radius 2 is 1.33 bits per heavy atom. The van der Waals surface area contributed by atoms with Crippen LogP contribution in [0.5, 0.6) is 0 Å². The van der Waals surface area contributed by atoms with Crippen LogP contribution in [0.15, 0.2) is 0 Å². The zero-order valence-electron chi connectivity index (χ0n) is 7.58. The minimum Gasteiger partial charge on any atom is -0.427 e. The molecule has 1 atom stereocenters. The van der Waals surface area contributed by atoms with Gasteiger partial charge in [0.05, 0.1) is 0 Å². The molecule has 12 heavy (non-hydrogen) atoms. The zero-order valence-corrected chi connectivity index (χ0v) is 8.58. The summed E-state index contributed by atoms with van der Waals surface area (Å²) in [4.78, 5) is 8.33. The van der Waals surface area contributed by atoms with E-state index in [4.69, 9.17) is 4.80 Å². The lowest BCUT2D eigenvalue weighted by atomic mass is 9.79. The summed E-state index contributed by atoms with van der Waals surface area (Å²) in [5.41, 5.74) is -7.54. The van der Waals surface area contributed by atoms with E-state index >= 15 is 0 Å². The Bertz CT molecular complexity index is 163. The van der Waals surface area contributed by atoms with E-state index in [0.717, 1.165) is 6.92 Å². The monoisotopic (exact) mass is 198 g/mol. The molecule has 0 saturated heterocycles. The fraction of sp³-hybridized carbons (Fsp3) is 1.00. The molecular formula is C7H13F3OSi. The van der Waals surface area contributed by atoms with Crippen LogP contribution in [0.3, 0.4) is 0 Å². The first-order valence-electron chi connectivity index (χ1n) is 3.54. The average molecular weight is 198 g/mol. The van der Waals surface area contributed by atoms with Crippen LogP contribution in [-0.2, 0) is 0 Å². The maximum atomic E-state index is 13.5. The number of alkyl halides is 3. The van der Waals surface area contributed by atoms with E-state index in [1.807, 2.05) is 0 Å². The van der Waals surface area contributed by atoms with Crippen LogP contribution < -0.4 is 0 Å². The molecule has 0 bridgehead atoms. The summed E-state index contributed by atoms with van der Waals surface area (Å²) in [6, 6.07) is 0. The second-order valence-corrected chi connectivity index (χ2v) is 4.79. The van der Waals surface area contributed by atoms with Gasteiger partial charge in [-0.2, -0.15) is 0 Å². The molecule has 2 radical (unpaired) electrons. The SMILES string of the molecule is CC(C)(C)C(C)(F)C(F)(F)[Si]O. The van der Waals surface area contributed by atoms with Gasteiger partial charge in [0.15, 0.2) is 5.67 Å². The first-order chi connectivity index (χ1) is 5.06. The first-order valence-corrected chi connectivity index (χ1v) is 4.49. The van der Waals surface area contributed by atoms with Gasteiger partial charge in [-0.1, -0.05) is 20.8 Å². The van der Waals surface area contributed by atoms with Gasteiger partial charge in [0.1, 0.15) is 0 Å². The molecule has 0 spiro atoms. The predicted octanol–water partition coefficient (Wildman–Crippen LogP) is 1.97. The molecular weight excluding hydrogens is 185 g/mol. The van der Waals surface area contributed by atoms with E-state index in [1.165, 1.54) is 20.8 Å². The van der Waals surface area contributed by atoms with E-state index in [-0.39, 0.29) is 0 Å². The van der Waals surface area contributed by atoms with E-state index < -0.39 is 26.4 Å². The van der Waals surface area contributed by atoms with E-state index in [2.05, 4.69) is 0 Å². The van der Waals surface area contributed by atoms with Crippen LogP contribution in [-0.4, -0.2) is 25.8 Å². The van der Waals surface area contributed by atoms with Gasteiger partial charge in [-0.05, 0) is 6.92 Å². The van der Waals surface area contributed by atoms with Crippen molar-refractivity contribution in [3.63, 3.8) is 0 Å². The molecule has 0 saturated carbocycles. The van der Waals surface area contributed by atoms with Crippen LogP contribution in [0.4, 0.5) is 13.2 Å². The van der Waals surface area contributed by atoms with Crippen molar-refractivity contribution in [1.82, 2.24) is 0 Å². The van der Waals surface area contributed by atoms with Crippen LogP contribution in [0.1, 0.15) is 27.7 Å². The van der Waals surface area contributed by atoms with Crippen LogP contribution in [0.2, 0.25) is 0 Å². The van der Waals surface area contributed by atoms with Gasteiger partial charge in [-0.25, -0.2) is 13.2 Å². The molecule has 0 fully saturated rings. The highest BCUT2D eigenvalue weighted by molar-refractivity contribution is 6.29. The Morgan fingerprint density at radius 1 is 1.00 bits per heavy atom. The second-order valence-electron chi connectivity index (χ2n) is 3.94. The average Bonchev–Trinajstić information content (AvgIpc) is 1.85. The van der Waals surface area contributed by atoms with Crippen LogP contribution >= 0.6 is 0 Å². The Hall–Kier alpha value is -0.0331. The van der Waals surface area contributed by atoms with Crippen molar-refractivity contribution in [2.45, 2.75) is 38.9 Å². The molecule has 0 aromatic heterocycles. The molecule has 1 nitrogen and oxygen atoms in total. The van der Waals surface area contributed by atoms with Crippen molar-refractivity contribution >= 4 is 9.76 Å². The van der Waals surface area contributed by atoms with E-state index in [9.17, 15) is 13.2 Å². The highest BCUT2D eigenvalue weighted by Gasteiger charge is 2.58. The fourth-order valence-electron chi connectivity index (χ4n) is 0.576. The van der Waals surface area contributed by atoms with Gasteiger partial charge in [0.25, 0.3) is 5.55 Å². The summed E-state index contributed by atoms with van der Waals surface area (Å²) in [7, 11) is -1.70.